The van der Waals surface area contributed by atoms with Gasteiger partial charge < -0.3 is 15.3 Å². The van der Waals surface area contributed by atoms with Crippen LogP contribution in [0.1, 0.15) is 30.7 Å². The van der Waals surface area contributed by atoms with Crippen LogP contribution in [-0.4, -0.2) is 29.2 Å². The van der Waals surface area contributed by atoms with Crippen molar-refractivity contribution in [2.75, 3.05) is 13.2 Å². The summed E-state index contributed by atoms with van der Waals surface area (Å²) < 4.78 is 5.58. The number of aliphatic hydroxyl groups is 1. The molecule has 0 aliphatic heterocycles. The fourth-order valence-electron chi connectivity index (χ4n) is 2.61. The van der Waals surface area contributed by atoms with Crippen LogP contribution < -0.4 is 5.73 Å². The maximum atomic E-state index is 9.40. The number of hydrogen-bond donors (Lipinski definition) is 2. The summed E-state index contributed by atoms with van der Waals surface area (Å²) >= 11 is 0. The Morgan fingerprint density at radius 3 is 2.52 bits per heavy atom. The van der Waals surface area contributed by atoms with Gasteiger partial charge in [0.25, 0.3) is 0 Å². The molecule has 4 nitrogen and oxygen atoms in total. The standard InChI is InChI=1S/C17H24N2O2/c1-2-15(18)17(16-9-6-12-21-16)19(10-11-20)13-14-7-4-3-5-8-14/h3-9,12,15,17,20H,2,10-11,13,18H2,1H3. The lowest BCUT2D eigenvalue weighted by Gasteiger charge is -2.33. The molecule has 0 spiro atoms. The molecule has 1 aromatic heterocycles. The van der Waals surface area contributed by atoms with Crippen molar-refractivity contribution in [1.29, 1.82) is 0 Å². The number of hydrogen-bond acceptors (Lipinski definition) is 4. The molecular formula is C17H24N2O2. The average molecular weight is 288 g/mol. The molecule has 2 atom stereocenters. The first-order valence-electron chi connectivity index (χ1n) is 7.44. The highest BCUT2D eigenvalue weighted by Crippen LogP contribution is 2.27. The molecule has 1 heterocycles. The summed E-state index contributed by atoms with van der Waals surface area (Å²) in [5.74, 6) is 0.855. The van der Waals surface area contributed by atoms with E-state index in [9.17, 15) is 5.11 Å². The highest BCUT2D eigenvalue weighted by Gasteiger charge is 2.27. The van der Waals surface area contributed by atoms with Gasteiger partial charge in [-0.25, -0.2) is 0 Å². The molecular weight excluding hydrogens is 264 g/mol. The second-order valence-electron chi connectivity index (χ2n) is 5.21. The highest BCUT2D eigenvalue weighted by molar-refractivity contribution is 5.16. The molecule has 0 saturated carbocycles. The zero-order valence-electron chi connectivity index (χ0n) is 12.5. The lowest BCUT2D eigenvalue weighted by atomic mass is 10.0. The van der Waals surface area contributed by atoms with E-state index >= 15 is 0 Å². The lowest BCUT2D eigenvalue weighted by molar-refractivity contribution is 0.111. The summed E-state index contributed by atoms with van der Waals surface area (Å²) in [6.45, 7) is 3.47. The zero-order chi connectivity index (χ0) is 15.1. The first-order valence-corrected chi connectivity index (χ1v) is 7.44. The fraction of sp³-hybridized carbons (Fsp3) is 0.412. The molecule has 0 aliphatic carbocycles. The smallest absolute Gasteiger partial charge is 0.122 e. The van der Waals surface area contributed by atoms with E-state index in [0.29, 0.717) is 6.54 Å². The molecule has 2 unspecified atom stereocenters. The molecule has 0 saturated heterocycles. The van der Waals surface area contributed by atoms with Crippen molar-refractivity contribution >= 4 is 0 Å². The van der Waals surface area contributed by atoms with E-state index in [4.69, 9.17) is 10.2 Å². The summed E-state index contributed by atoms with van der Waals surface area (Å²) in [6, 6.07) is 14.0. The van der Waals surface area contributed by atoms with E-state index in [2.05, 4.69) is 24.0 Å². The van der Waals surface area contributed by atoms with E-state index in [1.807, 2.05) is 30.3 Å². The molecule has 2 aromatic rings. The number of rotatable bonds is 8. The molecule has 0 bridgehead atoms. The second-order valence-corrected chi connectivity index (χ2v) is 5.21. The SMILES string of the molecule is CCC(N)C(c1ccco1)N(CCO)Cc1ccccc1. The largest absolute Gasteiger partial charge is 0.468 e. The van der Waals surface area contributed by atoms with Gasteiger partial charge in [0.1, 0.15) is 5.76 Å². The van der Waals surface area contributed by atoms with Gasteiger partial charge in [-0.15, -0.1) is 0 Å². The Labute approximate surface area is 126 Å². The van der Waals surface area contributed by atoms with Gasteiger partial charge in [0, 0.05) is 19.1 Å². The van der Waals surface area contributed by atoms with Gasteiger partial charge in [-0.05, 0) is 24.1 Å². The molecule has 0 aliphatic rings. The van der Waals surface area contributed by atoms with Crippen LogP contribution in [0.15, 0.2) is 53.1 Å². The van der Waals surface area contributed by atoms with Gasteiger partial charge in [-0.1, -0.05) is 37.3 Å². The van der Waals surface area contributed by atoms with Crippen LogP contribution in [0.25, 0.3) is 0 Å². The van der Waals surface area contributed by atoms with Gasteiger partial charge in [0.15, 0.2) is 0 Å². The normalized spacial score (nSPS) is 14.3. The molecule has 0 amide bonds. The predicted molar refractivity (Wildman–Crippen MR) is 83.7 cm³/mol. The number of benzene rings is 1. The third-order valence-electron chi connectivity index (χ3n) is 3.72. The minimum Gasteiger partial charge on any atom is -0.468 e. The third-order valence-corrected chi connectivity index (χ3v) is 3.72. The van der Waals surface area contributed by atoms with Crippen LogP contribution in [0, 0.1) is 0 Å². The Morgan fingerprint density at radius 1 is 1.19 bits per heavy atom. The Kier molecular flexibility index (Phi) is 5.99. The maximum Gasteiger partial charge on any atom is 0.122 e. The summed E-state index contributed by atoms with van der Waals surface area (Å²) in [4.78, 5) is 2.18. The Morgan fingerprint density at radius 2 is 1.95 bits per heavy atom. The molecule has 21 heavy (non-hydrogen) atoms. The quantitative estimate of drug-likeness (QED) is 0.783. The van der Waals surface area contributed by atoms with Crippen molar-refractivity contribution in [3.05, 3.63) is 60.1 Å². The van der Waals surface area contributed by atoms with Crippen molar-refractivity contribution in [1.82, 2.24) is 4.90 Å². The highest BCUT2D eigenvalue weighted by atomic mass is 16.3. The van der Waals surface area contributed by atoms with Gasteiger partial charge in [-0.3, -0.25) is 4.90 Å². The van der Waals surface area contributed by atoms with E-state index < -0.39 is 0 Å². The number of nitrogens with zero attached hydrogens (tertiary/aromatic N) is 1. The van der Waals surface area contributed by atoms with Crippen LogP contribution in [0.5, 0.6) is 0 Å². The van der Waals surface area contributed by atoms with Crippen LogP contribution in [0.4, 0.5) is 0 Å². The third kappa shape index (κ3) is 4.17. The number of nitrogens with two attached hydrogens (primary N) is 1. The maximum absolute atomic E-state index is 9.40. The molecule has 0 fully saturated rings. The van der Waals surface area contributed by atoms with Gasteiger partial charge in [-0.2, -0.15) is 0 Å². The monoisotopic (exact) mass is 288 g/mol. The second kappa shape index (κ2) is 7.98. The fourth-order valence-corrected chi connectivity index (χ4v) is 2.61. The Hall–Kier alpha value is -1.62. The van der Waals surface area contributed by atoms with Crippen molar-refractivity contribution in [2.24, 2.45) is 5.73 Å². The average Bonchev–Trinajstić information content (AvgIpc) is 3.02. The molecule has 0 radical (unpaired) electrons. The lowest BCUT2D eigenvalue weighted by Crippen LogP contribution is -2.41. The van der Waals surface area contributed by atoms with E-state index in [0.717, 1.165) is 18.7 Å². The molecule has 4 heteroatoms. The van der Waals surface area contributed by atoms with E-state index in [1.54, 1.807) is 6.26 Å². The predicted octanol–water partition coefficient (Wildman–Crippen LogP) is 2.55. The summed E-state index contributed by atoms with van der Waals surface area (Å²) in [7, 11) is 0. The van der Waals surface area contributed by atoms with Gasteiger partial charge in [0.2, 0.25) is 0 Å². The van der Waals surface area contributed by atoms with E-state index in [-0.39, 0.29) is 18.7 Å². The zero-order valence-corrected chi connectivity index (χ0v) is 12.5. The van der Waals surface area contributed by atoms with Crippen LogP contribution in [0.2, 0.25) is 0 Å². The van der Waals surface area contributed by atoms with Crippen LogP contribution >= 0.6 is 0 Å². The van der Waals surface area contributed by atoms with Crippen LogP contribution in [-0.2, 0) is 6.54 Å². The topological polar surface area (TPSA) is 62.6 Å². The van der Waals surface area contributed by atoms with Gasteiger partial charge >= 0.3 is 0 Å². The van der Waals surface area contributed by atoms with Gasteiger partial charge in [0.05, 0.1) is 18.9 Å². The Bertz CT molecular complexity index is 499. The van der Waals surface area contributed by atoms with Crippen molar-refractivity contribution in [2.45, 2.75) is 32.0 Å². The first kappa shape index (κ1) is 15.8. The molecule has 114 valence electrons. The summed E-state index contributed by atoms with van der Waals surface area (Å²) in [5.41, 5.74) is 7.51. The van der Waals surface area contributed by atoms with Crippen molar-refractivity contribution in [3.8, 4) is 0 Å². The molecule has 3 N–H and O–H groups in total. The number of furan rings is 1. The minimum atomic E-state index is -0.0357. The van der Waals surface area contributed by atoms with E-state index in [1.165, 1.54) is 5.56 Å². The Balaban J connectivity index is 2.23. The minimum absolute atomic E-state index is 0.0302. The molecule has 1 aromatic carbocycles. The first-order chi connectivity index (χ1) is 10.3. The summed E-state index contributed by atoms with van der Waals surface area (Å²) in [6.07, 6.45) is 2.52. The summed E-state index contributed by atoms with van der Waals surface area (Å²) in [5, 5.41) is 9.40. The molecule has 2 rings (SSSR count). The van der Waals surface area contributed by atoms with Crippen molar-refractivity contribution in [3.63, 3.8) is 0 Å². The van der Waals surface area contributed by atoms with Crippen LogP contribution in [0.3, 0.4) is 0 Å². The number of aliphatic hydroxyl groups excluding tert-OH is 1. The van der Waals surface area contributed by atoms with Crippen molar-refractivity contribution < 1.29 is 9.52 Å².